The molecular weight excluding hydrogens is 230 g/mol. The SMILES string of the molecule is CC1CCC(/C=C/CCc2ccc(C#N)cc2)CC1. The third kappa shape index (κ3) is 4.56. The van der Waals surface area contributed by atoms with Crippen LogP contribution in [0.2, 0.25) is 0 Å². The summed E-state index contributed by atoms with van der Waals surface area (Å²) in [7, 11) is 0. The maximum absolute atomic E-state index is 8.74. The van der Waals surface area contributed by atoms with Crippen molar-refractivity contribution in [1.29, 1.82) is 5.26 Å². The second-order valence-corrected chi connectivity index (χ2v) is 5.80. The van der Waals surface area contributed by atoms with E-state index in [1.807, 2.05) is 12.1 Å². The fourth-order valence-electron chi connectivity index (χ4n) is 2.76. The van der Waals surface area contributed by atoms with Crippen molar-refractivity contribution in [2.24, 2.45) is 11.8 Å². The summed E-state index contributed by atoms with van der Waals surface area (Å²) in [5, 5.41) is 8.74. The monoisotopic (exact) mass is 253 g/mol. The molecular formula is C18H23N. The van der Waals surface area contributed by atoms with E-state index in [0.29, 0.717) is 0 Å². The van der Waals surface area contributed by atoms with Crippen LogP contribution in [0.1, 0.15) is 50.2 Å². The van der Waals surface area contributed by atoms with E-state index in [1.165, 1.54) is 31.2 Å². The first-order chi connectivity index (χ1) is 9.28. The van der Waals surface area contributed by atoms with Gasteiger partial charge in [0.2, 0.25) is 0 Å². The van der Waals surface area contributed by atoms with Crippen LogP contribution in [0.25, 0.3) is 0 Å². The molecule has 1 aliphatic carbocycles. The average molecular weight is 253 g/mol. The van der Waals surface area contributed by atoms with Gasteiger partial charge in [0.15, 0.2) is 0 Å². The largest absolute Gasteiger partial charge is 0.192 e. The standard InChI is InChI=1S/C18H23N/c1-15-6-8-16(9-7-15)4-2-3-5-17-10-12-18(14-19)13-11-17/h2,4,10-13,15-16H,3,5-9H2,1H3/b4-2+. The Morgan fingerprint density at radius 3 is 2.47 bits per heavy atom. The predicted octanol–water partition coefficient (Wildman–Crippen LogP) is 4.87. The van der Waals surface area contributed by atoms with Gasteiger partial charge < -0.3 is 0 Å². The summed E-state index contributed by atoms with van der Waals surface area (Å²) >= 11 is 0. The van der Waals surface area contributed by atoms with E-state index in [4.69, 9.17) is 5.26 Å². The molecule has 0 radical (unpaired) electrons. The Kier molecular flexibility index (Phi) is 5.21. The molecule has 0 atom stereocenters. The van der Waals surface area contributed by atoms with Crippen LogP contribution in [0.3, 0.4) is 0 Å². The fourth-order valence-corrected chi connectivity index (χ4v) is 2.76. The molecule has 0 unspecified atom stereocenters. The summed E-state index contributed by atoms with van der Waals surface area (Å²) in [6.45, 7) is 2.37. The van der Waals surface area contributed by atoms with Crippen molar-refractivity contribution in [1.82, 2.24) is 0 Å². The Labute approximate surface area is 117 Å². The first-order valence-electron chi connectivity index (χ1n) is 7.43. The number of rotatable bonds is 4. The lowest BCUT2D eigenvalue weighted by atomic mass is 9.83. The van der Waals surface area contributed by atoms with Gasteiger partial charge in [-0.2, -0.15) is 5.26 Å². The molecule has 1 nitrogen and oxygen atoms in total. The molecule has 0 saturated heterocycles. The van der Waals surface area contributed by atoms with Gasteiger partial charge in [-0.05, 0) is 55.2 Å². The van der Waals surface area contributed by atoms with Crippen molar-refractivity contribution in [2.45, 2.75) is 45.4 Å². The smallest absolute Gasteiger partial charge is 0.0991 e. The fraction of sp³-hybridized carbons (Fsp3) is 0.500. The highest BCUT2D eigenvalue weighted by atomic mass is 14.2. The number of aryl methyl sites for hydroxylation is 1. The van der Waals surface area contributed by atoms with E-state index in [9.17, 15) is 0 Å². The number of benzene rings is 1. The zero-order valence-electron chi connectivity index (χ0n) is 11.8. The molecule has 1 fully saturated rings. The van der Waals surface area contributed by atoms with E-state index < -0.39 is 0 Å². The van der Waals surface area contributed by atoms with Crippen molar-refractivity contribution in [3.8, 4) is 6.07 Å². The third-order valence-corrected chi connectivity index (χ3v) is 4.15. The normalized spacial score (nSPS) is 23.4. The Morgan fingerprint density at radius 2 is 1.84 bits per heavy atom. The molecule has 0 aliphatic heterocycles. The Morgan fingerprint density at radius 1 is 1.16 bits per heavy atom. The van der Waals surface area contributed by atoms with Gasteiger partial charge in [-0.1, -0.05) is 44.1 Å². The minimum atomic E-state index is 0.746. The lowest BCUT2D eigenvalue weighted by molar-refractivity contribution is 0.330. The highest BCUT2D eigenvalue weighted by molar-refractivity contribution is 5.31. The van der Waals surface area contributed by atoms with Crippen LogP contribution >= 0.6 is 0 Å². The molecule has 2 rings (SSSR count). The summed E-state index contributed by atoms with van der Waals surface area (Å²) in [4.78, 5) is 0. The molecule has 1 aromatic rings. The molecule has 19 heavy (non-hydrogen) atoms. The van der Waals surface area contributed by atoms with Gasteiger partial charge in [0, 0.05) is 0 Å². The molecule has 0 amide bonds. The molecule has 1 aliphatic rings. The summed E-state index contributed by atoms with van der Waals surface area (Å²) in [6, 6.07) is 10.1. The van der Waals surface area contributed by atoms with Crippen LogP contribution in [-0.2, 0) is 6.42 Å². The lowest BCUT2D eigenvalue weighted by Crippen LogP contribution is -2.09. The maximum Gasteiger partial charge on any atom is 0.0991 e. The van der Waals surface area contributed by atoms with Crippen molar-refractivity contribution in [3.05, 3.63) is 47.5 Å². The maximum atomic E-state index is 8.74. The van der Waals surface area contributed by atoms with Crippen molar-refractivity contribution in [2.75, 3.05) is 0 Å². The van der Waals surface area contributed by atoms with Crippen LogP contribution in [0, 0.1) is 23.2 Å². The molecule has 1 saturated carbocycles. The Bertz CT molecular complexity index is 442. The third-order valence-electron chi connectivity index (χ3n) is 4.15. The van der Waals surface area contributed by atoms with Crippen molar-refractivity contribution >= 4 is 0 Å². The van der Waals surface area contributed by atoms with Gasteiger partial charge in [0.1, 0.15) is 0 Å². The van der Waals surface area contributed by atoms with E-state index in [0.717, 1.165) is 30.2 Å². The average Bonchev–Trinajstić information content (AvgIpc) is 2.46. The molecule has 1 aromatic carbocycles. The number of hydrogen-bond acceptors (Lipinski definition) is 1. The molecule has 100 valence electrons. The van der Waals surface area contributed by atoms with E-state index >= 15 is 0 Å². The quantitative estimate of drug-likeness (QED) is 0.702. The lowest BCUT2D eigenvalue weighted by Gasteiger charge is -2.23. The van der Waals surface area contributed by atoms with Crippen LogP contribution in [0.4, 0.5) is 0 Å². The van der Waals surface area contributed by atoms with E-state index in [1.54, 1.807) is 0 Å². The van der Waals surface area contributed by atoms with Gasteiger partial charge in [0.05, 0.1) is 11.6 Å². The second-order valence-electron chi connectivity index (χ2n) is 5.80. The van der Waals surface area contributed by atoms with E-state index in [-0.39, 0.29) is 0 Å². The molecule has 0 spiro atoms. The van der Waals surface area contributed by atoms with Gasteiger partial charge in [-0.3, -0.25) is 0 Å². The first kappa shape index (κ1) is 13.9. The highest BCUT2D eigenvalue weighted by Crippen LogP contribution is 2.29. The number of nitrogens with zero attached hydrogens (tertiary/aromatic N) is 1. The van der Waals surface area contributed by atoms with Crippen LogP contribution in [0.15, 0.2) is 36.4 Å². The van der Waals surface area contributed by atoms with Gasteiger partial charge >= 0.3 is 0 Å². The molecule has 0 aromatic heterocycles. The highest BCUT2D eigenvalue weighted by Gasteiger charge is 2.15. The Hall–Kier alpha value is -1.55. The molecule has 0 N–H and O–H groups in total. The first-order valence-corrected chi connectivity index (χ1v) is 7.43. The van der Waals surface area contributed by atoms with Gasteiger partial charge in [-0.15, -0.1) is 0 Å². The molecule has 0 heterocycles. The van der Waals surface area contributed by atoms with Crippen LogP contribution in [0.5, 0.6) is 0 Å². The summed E-state index contributed by atoms with van der Waals surface area (Å²) in [6.07, 6.45) is 12.5. The van der Waals surface area contributed by atoms with Crippen LogP contribution in [-0.4, -0.2) is 0 Å². The molecule has 1 heteroatoms. The zero-order chi connectivity index (χ0) is 13.5. The van der Waals surface area contributed by atoms with E-state index in [2.05, 4.69) is 37.3 Å². The minimum absolute atomic E-state index is 0.746. The summed E-state index contributed by atoms with van der Waals surface area (Å²) in [5.41, 5.74) is 2.07. The van der Waals surface area contributed by atoms with Gasteiger partial charge in [0.25, 0.3) is 0 Å². The molecule has 0 bridgehead atoms. The Balaban J connectivity index is 1.72. The summed E-state index contributed by atoms with van der Waals surface area (Å²) in [5.74, 6) is 1.75. The zero-order valence-corrected chi connectivity index (χ0v) is 11.8. The topological polar surface area (TPSA) is 23.8 Å². The summed E-state index contributed by atoms with van der Waals surface area (Å²) < 4.78 is 0. The van der Waals surface area contributed by atoms with Crippen LogP contribution < -0.4 is 0 Å². The predicted molar refractivity (Wildman–Crippen MR) is 79.7 cm³/mol. The number of allylic oxidation sites excluding steroid dienone is 2. The number of nitriles is 1. The van der Waals surface area contributed by atoms with Crippen molar-refractivity contribution in [3.63, 3.8) is 0 Å². The minimum Gasteiger partial charge on any atom is -0.192 e. The van der Waals surface area contributed by atoms with Crippen molar-refractivity contribution < 1.29 is 0 Å². The van der Waals surface area contributed by atoms with Gasteiger partial charge in [-0.25, -0.2) is 0 Å². The number of hydrogen-bond donors (Lipinski definition) is 0. The second kappa shape index (κ2) is 7.14.